The van der Waals surface area contributed by atoms with Gasteiger partial charge in [-0.3, -0.25) is 0 Å². The Labute approximate surface area is 104 Å². The van der Waals surface area contributed by atoms with E-state index in [1.807, 2.05) is 6.07 Å². The fraction of sp³-hybridized carbons (Fsp3) is 0.600. The lowest BCUT2D eigenvalue weighted by Crippen LogP contribution is -2.41. The smallest absolute Gasteiger partial charge is 0.124 e. The molecule has 2 heteroatoms. The molecule has 0 radical (unpaired) electrons. The summed E-state index contributed by atoms with van der Waals surface area (Å²) in [5, 5.41) is 3.70. The van der Waals surface area contributed by atoms with Gasteiger partial charge in [0.1, 0.15) is 11.4 Å². The maximum atomic E-state index is 6.02. The summed E-state index contributed by atoms with van der Waals surface area (Å²) in [4.78, 5) is 0. The van der Waals surface area contributed by atoms with Crippen molar-refractivity contribution in [2.45, 2.75) is 58.2 Å². The van der Waals surface area contributed by atoms with Crippen LogP contribution in [0.2, 0.25) is 0 Å². The van der Waals surface area contributed by atoms with Crippen molar-refractivity contribution in [2.75, 3.05) is 0 Å². The molecular formula is C15H23NO. The predicted molar refractivity (Wildman–Crippen MR) is 71.4 cm³/mol. The Hall–Kier alpha value is -1.02. The van der Waals surface area contributed by atoms with Gasteiger partial charge in [-0.2, -0.15) is 0 Å². The van der Waals surface area contributed by atoms with Crippen LogP contribution in [-0.2, 0) is 0 Å². The van der Waals surface area contributed by atoms with Crippen LogP contribution < -0.4 is 10.1 Å². The largest absolute Gasteiger partial charge is 0.487 e. The van der Waals surface area contributed by atoms with Gasteiger partial charge < -0.3 is 10.1 Å². The highest BCUT2D eigenvalue weighted by molar-refractivity contribution is 5.38. The van der Waals surface area contributed by atoms with Crippen molar-refractivity contribution in [1.29, 1.82) is 0 Å². The van der Waals surface area contributed by atoms with Crippen LogP contribution in [-0.4, -0.2) is 11.6 Å². The van der Waals surface area contributed by atoms with Crippen molar-refractivity contribution in [1.82, 2.24) is 5.32 Å². The first-order chi connectivity index (χ1) is 8.02. The molecule has 1 aromatic rings. The lowest BCUT2D eigenvalue weighted by molar-refractivity contribution is 0.0640. The van der Waals surface area contributed by atoms with Gasteiger partial charge in [-0.1, -0.05) is 25.1 Å². The highest BCUT2D eigenvalue weighted by Crippen LogP contribution is 2.39. The molecule has 17 heavy (non-hydrogen) atoms. The van der Waals surface area contributed by atoms with Crippen molar-refractivity contribution in [3.05, 3.63) is 29.8 Å². The lowest BCUT2D eigenvalue weighted by atomic mass is 9.89. The van der Waals surface area contributed by atoms with Gasteiger partial charge in [0.2, 0.25) is 0 Å². The van der Waals surface area contributed by atoms with E-state index in [1.54, 1.807) is 0 Å². The number of rotatable bonds is 3. The Balaban J connectivity index is 2.26. The van der Waals surface area contributed by atoms with E-state index < -0.39 is 0 Å². The van der Waals surface area contributed by atoms with E-state index in [0.717, 1.165) is 18.6 Å². The van der Waals surface area contributed by atoms with Gasteiger partial charge in [0.05, 0.1) is 0 Å². The maximum Gasteiger partial charge on any atom is 0.124 e. The van der Waals surface area contributed by atoms with Crippen LogP contribution in [0.1, 0.15) is 52.1 Å². The van der Waals surface area contributed by atoms with E-state index in [-0.39, 0.29) is 5.60 Å². The molecule has 1 aliphatic rings. The van der Waals surface area contributed by atoms with Crippen LogP contribution in [0.4, 0.5) is 0 Å². The summed E-state index contributed by atoms with van der Waals surface area (Å²) in [6, 6.07) is 9.32. The van der Waals surface area contributed by atoms with Crippen LogP contribution in [0, 0.1) is 0 Å². The molecule has 0 aromatic heterocycles. The standard InChI is InChI=1S/C15H23NO/c1-5-11(2)16-13-10-15(3,4)17-14-9-7-6-8-12(13)14/h6-9,11,13,16H,5,10H2,1-4H3. The van der Waals surface area contributed by atoms with Gasteiger partial charge in [-0.25, -0.2) is 0 Å². The summed E-state index contributed by atoms with van der Waals surface area (Å²) in [6.45, 7) is 8.78. The number of hydrogen-bond acceptors (Lipinski definition) is 2. The third kappa shape index (κ3) is 2.81. The molecule has 1 aliphatic heterocycles. The first-order valence-electron chi connectivity index (χ1n) is 6.56. The van der Waals surface area contributed by atoms with Crippen molar-refractivity contribution >= 4 is 0 Å². The fourth-order valence-corrected chi connectivity index (χ4v) is 2.41. The van der Waals surface area contributed by atoms with Crippen molar-refractivity contribution < 1.29 is 4.74 Å². The van der Waals surface area contributed by atoms with Crippen LogP contribution in [0.15, 0.2) is 24.3 Å². The Morgan fingerprint density at radius 2 is 2.12 bits per heavy atom. The Kier molecular flexibility index (Phi) is 3.43. The number of para-hydroxylation sites is 1. The number of benzene rings is 1. The number of fused-ring (bicyclic) bond motifs is 1. The molecule has 2 unspecified atom stereocenters. The zero-order valence-corrected chi connectivity index (χ0v) is 11.3. The molecule has 1 aromatic carbocycles. The molecular weight excluding hydrogens is 210 g/mol. The summed E-state index contributed by atoms with van der Waals surface area (Å²) in [6.07, 6.45) is 2.17. The lowest BCUT2D eigenvalue weighted by Gasteiger charge is -2.39. The second-order valence-electron chi connectivity index (χ2n) is 5.63. The van der Waals surface area contributed by atoms with E-state index >= 15 is 0 Å². The van der Waals surface area contributed by atoms with Crippen LogP contribution >= 0.6 is 0 Å². The van der Waals surface area contributed by atoms with Crippen LogP contribution in [0.5, 0.6) is 5.75 Å². The minimum Gasteiger partial charge on any atom is -0.487 e. The number of ether oxygens (including phenoxy) is 1. The molecule has 2 rings (SSSR count). The zero-order chi connectivity index (χ0) is 12.5. The van der Waals surface area contributed by atoms with Gasteiger partial charge in [0.15, 0.2) is 0 Å². The minimum atomic E-state index is -0.0838. The third-order valence-electron chi connectivity index (χ3n) is 3.47. The Morgan fingerprint density at radius 1 is 1.41 bits per heavy atom. The van der Waals surface area contributed by atoms with E-state index in [9.17, 15) is 0 Å². The fourth-order valence-electron chi connectivity index (χ4n) is 2.41. The van der Waals surface area contributed by atoms with Gasteiger partial charge in [-0.15, -0.1) is 0 Å². The van der Waals surface area contributed by atoms with Crippen LogP contribution in [0.3, 0.4) is 0 Å². The van der Waals surface area contributed by atoms with Crippen molar-refractivity contribution in [3.8, 4) is 5.75 Å². The molecule has 2 atom stereocenters. The van der Waals surface area contributed by atoms with E-state index in [1.165, 1.54) is 5.56 Å². The molecule has 0 saturated carbocycles. The average Bonchev–Trinajstić information content (AvgIpc) is 2.27. The second-order valence-corrected chi connectivity index (χ2v) is 5.63. The van der Waals surface area contributed by atoms with Crippen LogP contribution in [0.25, 0.3) is 0 Å². The summed E-state index contributed by atoms with van der Waals surface area (Å²) in [7, 11) is 0. The summed E-state index contributed by atoms with van der Waals surface area (Å²) < 4.78 is 6.02. The quantitative estimate of drug-likeness (QED) is 0.860. The molecule has 0 spiro atoms. The molecule has 94 valence electrons. The first kappa shape index (κ1) is 12.4. The molecule has 1 N–H and O–H groups in total. The third-order valence-corrected chi connectivity index (χ3v) is 3.47. The highest BCUT2D eigenvalue weighted by Gasteiger charge is 2.33. The zero-order valence-electron chi connectivity index (χ0n) is 11.3. The van der Waals surface area contributed by atoms with Crippen molar-refractivity contribution in [2.24, 2.45) is 0 Å². The SMILES string of the molecule is CCC(C)NC1CC(C)(C)Oc2ccccc21. The minimum absolute atomic E-state index is 0.0838. The number of nitrogens with one attached hydrogen (secondary N) is 1. The molecule has 0 saturated heterocycles. The molecule has 0 amide bonds. The highest BCUT2D eigenvalue weighted by atomic mass is 16.5. The summed E-state index contributed by atoms with van der Waals surface area (Å²) in [5.41, 5.74) is 1.21. The first-order valence-corrected chi connectivity index (χ1v) is 6.56. The Bertz CT molecular complexity index is 386. The Morgan fingerprint density at radius 3 is 2.82 bits per heavy atom. The van der Waals surface area contributed by atoms with E-state index in [4.69, 9.17) is 4.74 Å². The molecule has 0 aliphatic carbocycles. The molecule has 1 heterocycles. The van der Waals surface area contributed by atoms with E-state index in [0.29, 0.717) is 12.1 Å². The topological polar surface area (TPSA) is 21.3 Å². The number of hydrogen-bond donors (Lipinski definition) is 1. The molecule has 0 fully saturated rings. The van der Waals surface area contributed by atoms with Gasteiger partial charge in [-0.05, 0) is 33.3 Å². The summed E-state index contributed by atoms with van der Waals surface area (Å²) in [5.74, 6) is 1.03. The van der Waals surface area contributed by atoms with E-state index in [2.05, 4.69) is 51.2 Å². The van der Waals surface area contributed by atoms with Gasteiger partial charge >= 0.3 is 0 Å². The normalized spacial score (nSPS) is 23.6. The monoisotopic (exact) mass is 233 g/mol. The average molecular weight is 233 g/mol. The predicted octanol–water partition coefficient (Wildman–Crippen LogP) is 3.68. The van der Waals surface area contributed by atoms with Gasteiger partial charge in [0.25, 0.3) is 0 Å². The molecule has 0 bridgehead atoms. The van der Waals surface area contributed by atoms with Gasteiger partial charge in [0, 0.05) is 24.1 Å². The van der Waals surface area contributed by atoms with Crippen molar-refractivity contribution in [3.63, 3.8) is 0 Å². The molecule has 2 nitrogen and oxygen atoms in total. The maximum absolute atomic E-state index is 6.02. The summed E-state index contributed by atoms with van der Waals surface area (Å²) >= 11 is 0. The second kappa shape index (κ2) is 4.69.